The van der Waals surface area contributed by atoms with Gasteiger partial charge in [0, 0.05) is 32.3 Å². The fourth-order valence-electron chi connectivity index (χ4n) is 2.97. The number of likely N-dealkylation sites (N-methyl/N-ethyl adjacent to an activating group) is 2. The SMILES string of the molecule is CN1C(=O)C(Cc2ccccc2)N(C)C(=O)/C1=C/c1cccnc1C#N. The zero-order valence-electron chi connectivity index (χ0n) is 14.6. The number of amides is 2. The van der Waals surface area contributed by atoms with Gasteiger partial charge in [-0.3, -0.25) is 9.59 Å². The molecule has 26 heavy (non-hydrogen) atoms. The molecule has 0 N–H and O–H groups in total. The van der Waals surface area contributed by atoms with Gasteiger partial charge in [0.15, 0.2) is 0 Å². The molecule has 0 aliphatic carbocycles. The minimum Gasteiger partial charge on any atom is -0.328 e. The van der Waals surface area contributed by atoms with E-state index >= 15 is 0 Å². The van der Waals surface area contributed by atoms with Crippen LogP contribution in [0.4, 0.5) is 0 Å². The molecular weight excluding hydrogens is 328 g/mol. The fourth-order valence-corrected chi connectivity index (χ4v) is 2.97. The number of hydrogen-bond donors (Lipinski definition) is 0. The molecule has 0 spiro atoms. The van der Waals surface area contributed by atoms with Crippen LogP contribution >= 0.6 is 0 Å². The van der Waals surface area contributed by atoms with Crippen LogP contribution in [0.25, 0.3) is 6.08 Å². The summed E-state index contributed by atoms with van der Waals surface area (Å²) in [6.07, 6.45) is 3.51. The van der Waals surface area contributed by atoms with Gasteiger partial charge in [-0.15, -0.1) is 0 Å². The minimum atomic E-state index is -0.559. The molecule has 1 aromatic carbocycles. The molecule has 2 aromatic rings. The maximum Gasteiger partial charge on any atom is 0.271 e. The standard InChI is InChI=1S/C20H18N4O2/c1-23-17(11-14-7-4-3-5-8-14)19(25)24(2)18(20(23)26)12-15-9-6-10-22-16(15)13-21/h3-10,12,17H,11H2,1-2H3/b18-12-. The number of hydrogen-bond acceptors (Lipinski definition) is 4. The number of aromatic nitrogens is 1. The van der Waals surface area contributed by atoms with Gasteiger partial charge in [0.05, 0.1) is 0 Å². The van der Waals surface area contributed by atoms with Crippen molar-refractivity contribution in [2.24, 2.45) is 0 Å². The topological polar surface area (TPSA) is 77.3 Å². The molecule has 0 bridgehead atoms. The van der Waals surface area contributed by atoms with Gasteiger partial charge in [-0.05, 0) is 17.7 Å². The molecule has 1 saturated heterocycles. The van der Waals surface area contributed by atoms with Crippen LogP contribution in [-0.4, -0.2) is 46.7 Å². The Kier molecular flexibility index (Phi) is 4.81. The van der Waals surface area contributed by atoms with Crippen LogP contribution in [0.2, 0.25) is 0 Å². The van der Waals surface area contributed by atoms with Crippen LogP contribution in [-0.2, 0) is 16.0 Å². The highest BCUT2D eigenvalue weighted by Gasteiger charge is 2.39. The summed E-state index contributed by atoms with van der Waals surface area (Å²) in [5.74, 6) is -0.426. The lowest BCUT2D eigenvalue weighted by Crippen LogP contribution is -2.56. The average molecular weight is 346 g/mol. The maximum atomic E-state index is 12.9. The second-order valence-corrected chi connectivity index (χ2v) is 6.10. The number of nitrogens with zero attached hydrogens (tertiary/aromatic N) is 4. The van der Waals surface area contributed by atoms with Gasteiger partial charge in [0.25, 0.3) is 5.91 Å². The van der Waals surface area contributed by atoms with Crippen LogP contribution in [0.1, 0.15) is 16.8 Å². The zero-order valence-corrected chi connectivity index (χ0v) is 14.6. The summed E-state index contributed by atoms with van der Waals surface area (Å²) >= 11 is 0. The fraction of sp³-hybridized carbons (Fsp3) is 0.200. The highest BCUT2D eigenvalue weighted by Crippen LogP contribution is 2.23. The van der Waals surface area contributed by atoms with Gasteiger partial charge < -0.3 is 9.80 Å². The van der Waals surface area contributed by atoms with E-state index in [-0.39, 0.29) is 23.2 Å². The van der Waals surface area contributed by atoms with Crippen molar-refractivity contribution in [3.8, 4) is 6.07 Å². The highest BCUT2D eigenvalue weighted by atomic mass is 16.2. The summed E-state index contributed by atoms with van der Waals surface area (Å²) in [6, 6.07) is 14.4. The molecule has 1 aliphatic heterocycles. The van der Waals surface area contributed by atoms with Crippen molar-refractivity contribution in [1.82, 2.24) is 14.8 Å². The van der Waals surface area contributed by atoms with E-state index in [2.05, 4.69) is 4.98 Å². The van der Waals surface area contributed by atoms with Crippen molar-refractivity contribution in [2.45, 2.75) is 12.5 Å². The first-order valence-corrected chi connectivity index (χ1v) is 8.18. The van der Waals surface area contributed by atoms with E-state index in [0.29, 0.717) is 12.0 Å². The van der Waals surface area contributed by atoms with Crippen LogP contribution in [0.5, 0.6) is 0 Å². The van der Waals surface area contributed by atoms with Crippen LogP contribution < -0.4 is 0 Å². The number of carbonyl (C=O) groups is 2. The summed E-state index contributed by atoms with van der Waals surface area (Å²) in [4.78, 5) is 32.5. The molecule has 1 atom stereocenters. The first kappa shape index (κ1) is 17.4. The van der Waals surface area contributed by atoms with E-state index in [1.807, 2.05) is 36.4 Å². The quantitative estimate of drug-likeness (QED) is 0.795. The van der Waals surface area contributed by atoms with E-state index in [4.69, 9.17) is 0 Å². The summed E-state index contributed by atoms with van der Waals surface area (Å²) in [6.45, 7) is 0. The van der Waals surface area contributed by atoms with E-state index in [1.165, 1.54) is 16.0 Å². The molecule has 0 saturated carbocycles. The Balaban J connectivity index is 1.93. The Labute approximate surface area is 152 Å². The van der Waals surface area contributed by atoms with Gasteiger partial charge >= 0.3 is 0 Å². The second kappa shape index (κ2) is 7.19. The summed E-state index contributed by atoms with van der Waals surface area (Å²) < 4.78 is 0. The lowest BCUT2D eigenvalue weighted by molar-refractivity contribution is -0.148. The summed E-state index contributed by atoms with van der Waals surface area (Å²) in [5, 5.41) is 9.17. The highest BCUT2D eigenvalue weighted by molar-refractivity contribution is 6.07. The number of rotatable bonds is 3. The molecule has 3 rings (SSSR count). The van der Waals surface area contributed by atoms with Crippen molar-refractivity contribution in [1.29, 1.82) is 5.26 Å². The predicted molar refractivity (Wildman–Crippen MR) is 96.4 cm³/mol. The molecular formula is C20H18N4O2. The zero-order chi connectivity index (χ0) is 18.7. The number of pyridine rings is 1. The van der Waals surface area contributed by atoms with Crippen molar-refractivity contribution >= 4 is 17.9 Å². The summed E-state index contributed by atoms with van der Waals surface area (Å²) in [5.41, 5.74) is 1.94. The lowest BCUT2D eigenvalue weighted by atomic mass is 10.00. The largest absolute Gasteiger partial charge is 0.328 e. The van der Waals surface area contributed by atoms with Gasteiger partial charge in [0.2, 0.25) is 5.91 Å². The van der Waals surface area contributed by atoms with Gasteiger partial charge in [-0.2, -0.15) is 5.26 Å². The van der Waals surface area contributed by atoms with Crippen LogP contribution in [0.15, 0.2) is 54.4 Å². The molecule has 6 nitrogen and oxygen atoms in total. The predicted octanol–water partition coefficient (Wildman–Crippen LogP) is 1.84. The molecule has 1 fully saturated rings. The number of benzene rings is 1. The normalized spacial score (nSPS) is 19.0. The molecule has 0 radical (unpaired) electrons. The Morgan fingerprint density at radius 1 is 1.15 bits per heavy atom. The third-order valence-corrected chi connectivity index (χ3v) is 4.49. The van der Waals surface area contributed by atoms with Crippen molar-refractivity contribution in [3.63, 3.8) is 0 Å². The lowest BCUT2D eigenvalue weighted by Gasteiger charge is -2.38. The van der Waals surface area contributed by atoms with E-state index in [0.717, 1.165) is 5.56 Å². The maximum absolute atomic E-state index is 12.9. The molecule has 1 aromatic heterocycles. The van der Waals surface area contributed by atoms with Gasteiger partial charge in [-0.25, -0.2) is 4.98 Å². The van der Waals surface area contributed by atoms with Gasteiger partial charge in [-0.1, -0.05) is 36.4 Å². The monoisotopic (exact) mass is 346 g/mol. The molecule has 1 unspecified atom stereocenters. The van der Waals surface area contributed by atoms with Gasteiger partial charge in [0.1, 0.15) is 23.5 Å². The third-order valence-electron chi connectivity index (χ3n) is 4.49. The first-order valence-electron chi connectivity index (χ1n) is 8.18. The van der Waals surface area contributed by atoms with E-state index in [9.17, 15) is 14.9 Å². The average Bonchev–Trinajstić information content (AvgIpc) is 2.68. The second-order valence-electron chi connectivity index (χ2n) is 6.10. The molecule has 130 valence electrons. The number of carbonyl (C=O) groups excluding carboxylic acids is 2. The van der Waals surface area contributed by atoms with Crippen LogP contribution in [0.3, 0.4) is 0 Å². The molecule has 2 amide bonds. The Morgan fingerprint density at radius 3 is 2.58 bits per heavy atom. The third kappa shape index (κ3) is 3.20. The van der Waals surface area contributed by atoms with Crippen LogP contribution in [0, 0.1) is 11.3 Å². The van der Waals surface area contributed by atoms with Crippen molar-refractivity contribution in [2.75, 3.05) is 14.1 Å². The molecule has 6 heteroatoms. The number of nitriles is 1. The minimum absolute atomic E-state index is 0.162. The Bertz CT molecular complexity index is 915. The smallest absolute Gasteiger partial charge is 0.271 e. The van der Waals surface area contributed by atoms with E-state index < -0.39 is 6.04 Å². The Hall–Kier alpha value is -3.46. The summed E-state index contributed by atoms with van der Waals surface area (Å²) in [7, 11) is 3.21. The molecule has 1 aliphatic rings. The van der Waals surface area contributed by atoms with Crippen molar-refractivity contribution in [3.05, 3.63) is 71.2 Å². The molecule has 2 heterocycles. The number of piperazine rings is 1. The van der Waals surface area contributed by atoms with Crippen molar-refractivity contribution < 1.29 is 9.59 Å². The van der Waals surface area contributed by atoms with E-state index in [1.54, 1.807) is 32.3 Å². The Morgan fingerprint density at radius 2 is 1.88 bits per heavy atom. The first-order chi connectivity index (χ1) is 12.5.